The molecule has 18 heavy (non-hydrogen) atoms. The van der Waals surface area contributed by atoms with Crippen molar-refractivity contribution in [1.29, 1.82) is 0 Å². The molecule has 98 valence electrons. The van der Waals surface area contributed by atoms with E-state index in [4.69, 9.17) is 5.73 Å². The number of benzene rings is 1. The van der Waals surface area contributed by atoms with Gasteiger partial charge in [0, 0.05) is 17.8 Å². The molecule has 1 aliphatic rings. The molecule has 0 aromatic heterocycles. The van der Waals surface area contributed by atoms with E-state index in [1.807, 2.05) is 19.1 Å². The van der Waals surface area contributed by atoms with Gasteiger partial charge in [0.1, 0.15) is 0 Å². The third-order valence-corrected chi connectivity index (χ3v) is 3.93. The average Bonchev–Trinajstić information content (AvgIpc) is 2.70. The highest BCUT2D eigenvalue weighted by atomic mass is 16.1. The molecule has 1 saturated carbocycles. The molecule has 3 N–H and O–H groups in total. The summed E-state index contributed by atoms with van der Waals surface area (Å²) < 4.78 is 0. The Hall–Kier alpha value is -1.51. The Bertz CT molecular complexity index is 422. The zero-order chi connectivity index (χ0) is 13.1. The number of nitrogen functional groups attached to an aromatic ring is 1. The first-order valence-electron chi connectivity index (χ1n) is 6.71. The molecule has 1 aromatic rings. The topological polar surface area (TPSA) is 55.1 Å². The van der Waals surface area contributed by atoms with Gasteiger partial charge < -0.3 is 11.1 Å². The van der Waals surface area contributed by atoms with Gasteiger partial charge in [-0.2, -0.15) is 0 Å². The van der Waals surface area contributed by atoms with E-state index in [2.05, 4.69) is 12.2 Å². The Morgan fingerprint density at radius 2 is 2.17 bits per heavy atom. The summed E-state index contributed by atoms with van der Waals surface area (Å²) in [6.07, 6.45) is 3.81. The van der Waals surface area contributed by atoms with Crippen LogP contribution in [0.5, 0.6) is 0 Å². The van der Waals surface area contributed by atoms with Crippen LogP contribution in [0.2, 0.25) is 0 Å². The van der Waals surface area contributed by atoms with Crippen molar-refractivity contribution in [2.24, 2.45) is 11.8 Å². The van der Waals surface area contributed by atoms with Gasteiger partial charge in [-0.25, -0.2) is 0 Å². The van der Waals surface area contributed by atoms with Crippen LogP contribution < -0.4 is 11.1 Å². The minimum atomic E-state index is -0.00972. The Kier molecular flexibility index (Phi) is 3.90. The highest BCUT2D eigenvalue weighted by molar-refractivity contribution is 5.95. The molecule has 1 fully saturated rings. The number of nitrogens with two attached hydrogens (primary N) is 1. The molecule has 0 saturated heterocycles. The van der Waals surface area contributed by atoms with E-state index in [9.17, 15) is 4.79 Å². The van der Waals surface area contributed by atoms with E-state index in [-0.39, 0.29) is 5.91 Å². The van der Waals surface area contributed by atoms with Gasteiger partial charge in [0.25, 0.3) is 5.91 Å². The predicted octanol–water partition coefficient (Wildman–Crippen LogP) is 2.74. The monoisotopic (exact) mass is 246 g/mol. The number of carbonyl (C=O) groups is 1. The largest absolute Gasteiger partial charge is 0.399 e. The molecule has 0 radical (unpaired) electrons. The lowest BCUT2D eigenvalue weighted by Crippen LogP contribution is -2.30. The van der Waals surface area contributed by atoms with E-state index >= 15 is 0 Å². The molecule has 0 heterocycles. The lowest BCUT2D eigenvalue weighted by Gasteiger charge is -2.16. The van der Waals surface area contributed by atoms with Gasteiger partial charge in [-0.05, 0) is 48.9 Å². The molecule has 2 rings (SSSR count). The fourth-order valence-electron chi connectivity index (χ4n) is 2.80. The van der Waals surface area contributed by atoms with Crippen molar-refractivity contribution in [1.82, 2.24) is 5.32 Å². The molecule has 1 amide bonds. The van der Waals surface area contributed by atoms with E-state index in [1.165, 1.54) is 19.3 Å². The zero-order valence-corrected chi connectivity index (χ0v) is 11.2. The summed E-state index contributed by atoms with van der Waals surface area (Å²) in [7, 11) is 0. The van der Waals surface area contributed by atoms with Gasteiger partial charge in [0.05, 0.1) is 0 Å². The Balaban J connectivity index is 1.95. The van der Waals surface area contributed by atoms with Crippen LogP contribution in [-0.4, -0.2) is 12.5 Å². The molecule has 2 unspecified atom stereocenters. The molecule has 2 atom stereocenters. The van der Waals surface area contributed by atoms with Crippen LogP contribution in [0.15, 0.2) is 18.2 Å². The first kappa shape index (κ1) is 12.9. The quantitative estimate of drug-likeness (QED) is 0.806. The molecule has 3 heteroatoms. The zero-order valence-electron chi connectivity index (χ0n) is 11.2. The lowest BCUT2D eigenvalue weighted by molar-refractivity contribution is 0.0944. The van der Waals surface area contributed by atoms with E-state index in [0.717, 1.165) is 18.0 Å². The number of amides is 1. The van der Waals surface area contributed by atoms with E-state index in [0.29, 0.717) is 17.2 Å². The first-order chi connectivity index (χ1) is 8.56. The summed E-state index contributed by atoms with van der Waals surface area (Å²) in [6.45, 7) is 5.01. The van der Waals surface area contributed by atoms with E-state index < -0.39 is 0 Å². The van der Waals surface area contributed by atoms with Crippen molar-refractivity contribution in [2.75, 3.05) is 12.3 Å². The number of hydrogen-bond donors (Lipinski definition) is 2. The Morgan fingerprint density at radius 3 is 2.78 bits per heavy atom. The third kappa shape index (κ3) is 3.03. The molecule has 1 aliphatic carbocycles. The van der Waals surface area contributed by atoms with Gasteiger partial charge in [-0.3, -0.25) is 4.79 Å². The Labute approximate surface area is 109 Å². The minimum absolute atomic E-state index is 0.00972. The standard InChI is InChI=1S/C15H22N2O/c1-10-6-13(8-14(16)7-10)15(18)17-9-12-5-3-4-11(12)2/h6-8,11-12H,3-5,9,16H2,1-2H3,(H,17,18). The van der Waals surface area contributed by atoms with Gasteiger partial charge in [0.15, 0.2) is 0 Å². The van der Waals surface area contributed by atoms with Crippen LogP contribution in [0.1, 0.15) is 42.1 Å². The number of rotatable bonds is 3. The molecule has 3 nitrogen and oxygen atoms in total. The summed E-state index contributed by atoms with van der Waals surface area (Å²) in [6, 6.07) is 5.49. The first-order valence-corrected chi connectivity index (χ1v) is 6.71. The van der Waals surface area contributed by atoms with Gasteiger partial charge >= 0.3 is 0 Å². The third-order valence-electron chi connectivity index (χ3n) is 3.93. The summed E-state index contributed by atoms with van der Waals surface area (Å²) in [5.74, 6) is 1.36. The van der Waals surface area contributed by atoms with Crippen LogP contribution >= 0.6 is 0 Å². The van der Waals surface area contributed by atoms with Crippen molar-refractivity contribution < 1.29 is 4.79 Å². The molecular weight excluding hydrogens is 224 g/mol. The van der Waals surface area contributed by atoms with Crippen molar-refractivity contribution in [3.63, 3.8) is 0 Å². The maximum absolute atomic E-state index is 12.0. The fourth-order valence-corrected chi connectivity index (χ4v) is 2.80. The predicted molar refractivity (Wildman–Crippen MR) is 74.4 cm³/mol. The summed E-state index contributed by atoms with van der Waals surface area (Å²) in [4.78, 5) is 12.0. The van der Waals surface area contributed by atoms with Crippen molar-refractivity contribution in [3.05, 3.63) is 29.3 Å². The lowest BCUT2D eigenvalue weighted by atomic mass is 9.98. The average molecular weight is 246 g/mol. The van der Waals surface area contributed by atoms with E-state index in [1.54, 1.807) is 6.07 Å². The number of carbonyl (C=O) groups excluding carboxylic acids is 1. The van der Waals surface area contributed by atoms with Crippen molar-refractivity contribution in [3.8, 4) is 0 Å². The summed E-state index contributed by atoms with van der Waals surface area (Å²) >= 11 is 0. The van der Waals surface area contributed by atoms with Gasteiger partial charge in [-0.1, -0.05) is 19.8 Å². The second-order valence-corrected chi connectivity index (χ2v) is 5.51. The molecule has 0 aliphatic heterocycles. The van der Waals surface area contributed by atoms with Crippen LogP contribution in [0.3, 0.4) is 0 Å². The maximum atomic E-state index is 12.0. The number of anilines is 1. The van der Waals surface area contributed by atoms with Crippen LogP contribution in [0, 0.1) is 18.8 Å². The second kappa shape index (κ2) is 5.42. The van der Waals surface area contributed by atoms with Crippen LogP contribution in [-0.2, 0) is 0 Å². The van der Waals surface area contributed by atoms with Crippen molar-refractivity contribution in [2.45, 2.75) is 33.1 Å². The molecular formula is C15H22N2O. The second-order valence-electron chi connectivity index (χ2n) is 5.51. The van der Waals surface area contributed by atoms with Crippen LogP contribution in [0.25, 0.3) is 0 Å². The summed E-state index contributed by atoms with van der Waals surface area (Å²) in [5.41, 5.74) is 8.09. The number of aryl methyl sites for hydroxylation is 1. The smallest absolute Gasteiger partial charge is 0.251 e. The number of nitrogens with one attached hydrogen (secondary N) is 1. The normalized spacial score (nSPS) is 23.0. The van der Waals surface area contributed by atoms with Gasteiger partial charge in [-0.15, -0.1) is 0 Å². The molecule has 0 bridgehead atoms. The minimum Gasteiger partial charge on any atom is -0.399 e. The maximum Gasteiger partial charge on any atom is 0.251 e. The number of hydrogen-bond acceptors (Lipinski definition) is 2. The highest BCUT2D eigenvalue weighted by Crippen LogP contribution is 2.30. The molecule has 0 spiro atoms. The SMILES string of the molecule is Cc1cc(N)cc(C(=O)NCC2CCCC2C)c1. The summed E-state index contributed by atoms with van der Waals surface area (Å²) in [5, 5.41) is 3.03. The fraction of sp³-hybridized carbons (Fsp3) is 0.533. The molecule has 1 aromatic carbocycles. The van der Waals surface area contributed by atoms with Gasteiger partial charge in [0.2, 0.25) is 0 Å². The van der Waals surface area contributed by atoms with Crippen LogP contribution in [0.4, 0.5) is 5.69 Å². The highest BCUT2D eigenvalue weighted by Gasteiger charge is 2.23. The Morgan fingerprint density at radius 1 is 1.39 bits per heavy atom. The van der Waals surface area contributed by atoms with Crippen molar-refractivity contribution >= 4 is 11.6 Å².